The highest BCUT2D eigenvalue weighted by Crippen LogP contribution is 2.40. The molecule has 28 heavy (non-hydrogen) atoms. The molecule has 2 aliphatic rings. The van der Waals surface area contributed by atoms with Crippen molar-refractivity contribution in [3.8, 4) is 6.07 Å². The van der Waals surface area contributed by atoms with Crippen LogP contribution in [0.4, 0.5) is 5.69 Å². The summed E-state index contributed by atoms with van der Waals surface area (Å²) in [6.45, 7) is 4.32. The molecule has 0 amide bonds. The summed E-state index contributed by atoms with van der Waals surface area (Å²) < 4.78 is 0. The van der Waals surface area contributed by atoms with Crippen LogP contribution in [0.1, 0.15) is 36.3 Å². The van der Waals surface area contributed by atoms with E-state index in [4.69, 9.17) is 5.26 Å². The van der Waals surface area contributed by atoms with Crippen LogP contribution in [-0.2, 0) is 0 Å². The Hall–Kier alpha value is -2.77. The van der Waals surface area contributed by atoms with Crippen molar-refractivity contribution in [2.24, 2.45) is 0 Å². The van der Waals surface area contributed by atoms with E-state index in [0.717, 1.165) is 31.7 Å². The van der Waals surface area contributed by atoms with E-state index in [2.05, 4.69) is 57.4 Å². The van der Waals surface area contributed by atoms with Gasteiger partial charge >= 0.3 is 0 Å². The van der Waals surface area contributed by atoms with Crippen LogP contribution >= 0.6 is 0 Å². The molecule has 2 heterocycles. The molecule has 1 saturated carbocycles. The quantitative estimate of drug-likeness (QED) is 0.738. The molecule has 2 fully saturated rings. The molecular formula is C24H26N4. The van der Waals surface area contributed by atoms with Gasteiger partial charge in [-0.3, -0.25) is 4.90 Å². The Morgan fingerprint density at radius 1 is 0.964 bits per heavy atom. The zero-order chi connectivity index (χ0) is 18.9. The molecule has 1 aliphatic carbocycles. The van der Waals surface area contributed by atoms with E-state index in [1.807, 2.05) is 18.2 Å². The first-order valence-electron chi connectivity index (χ1n) is 10.4. The molecule has 1 N–H and O–H groups in total. The van der Waals surface area contributed by atoms with Crippen LogP contribution in [0, 0.1) is 11.3 Å². The van der Waals surface area contributed by atoms with E-state index in [-0.39, 0.29) is 0 Å². The van der Waals surface area contributed by atoms with Gasteiger partial charge in [-0.25, -0.2) is 0 Å². The van der Waals surface area contributed by atoms with Crippen LogP contribution < -0.4 is 4.90 Å². The third kappa shape index (κ3) is 3.16. The number of aromatic amines is 1. The predicted molar refractivity (Wildman–Crippen MR) is 114 cm³/mol. The van der Waals surface area contributed by atoms with Gasteiger partial charge < -0.3 is 9.88 Å². The number of benzene rings is 2. The van der Waals surface area contributed by atoms with Gasteiger partial charge in [-0.15, -0.1) is 0 Å². The fraction of sp³-hybridized carbons (Fsp3) is 0.375. The Bertz CT molecular complexity index is 1010. The lowest BCUT2D eigenvalue weighted by Crippen LogP contribution is -2.49. The van der Waals surface area contributed by atoms with E-state index in [1.54, 1.807) is 0 Å². The molecule has 4 nitrogen and oxygen atoms in total. The second-order valence-electron chi connectivity index (χ2n) is 8.14. The van der Waals surface area contributed by atoms with Crippen molar-refractivity contribution >= 4 is 16.6 Å². The first kappa shape index (κ1) is 17.3. The SMILES string of the molecule is N#Cc1cccc(N2CCN(C3CCC(c4c[nH]c5ccccc45)C3)CC2)c1. The van der Waals surface area contributed by atoms with Gasteiger partial charge in [0.2, 0.25) is 0 Å². The molecule has 2 unspecified atom stereocenters. The number of fused-ring (bicyclic) bond motifs is 1. The first-order valence-corrected chi connectivity index (χ1v) is 10.4. The molecule has 142 valence electrons. The average Bonchev–Trinajstić information content (AvgIpc) is 3.41. The second-order valence-corrected chi connectivity index (χ2v) is 8.14. The van der Waals surface area contributed by atoms with Crippen molar-refractivity contribution in [1.29, 1.82) is 5.26 Å². The van der Waals surface area contributed by atoms with Gasteiger partial charge in [-0.05, 0) is 55.0 Å². The Kier molecular flexibility index (Phi) is 4.54. The van der Waals surface area contributed by atoms with Gasteiger partial charge in [0.1, 0.15) is 0 Å². The number of hydrogen-bond donors (Lipinski definition) is 1. The lowest BCUT2D eigenvalue weighted by Gasteiger charge is -2.39. The molecule has 1 saturated heterocycles. The fourth-order valence-electron chi connectivity index (χ4n) is 5.12. The minimum atomic E-state index is 0.673. The molecule has 1 aliphatic heterocycles. The number of para-hydroxylation sites is 1. The van der Waals surface area contributed by atoms with Crippen LogP contribution in [0.3, 0.4) is 0 Å². The van der Waals surface area contributed by atoms with Crippen LogP contribution in [-0.4, -0.2) is 42.1 Å². The number of aromatic nitrogens is 1. The van der Waals surface area contributed by atoms with Crippen LogP contribution in [0.25, 0.3) is 10.9 Å². The maximum Gasteiger partial charge on any atom is 0.0992 e. The van der Waals surface area contributed by atoms with Gasteiger partial charge in [0.25, 0.3) is 0 Å². The van der Waals surface area contributed by atoms with Gasteiger partial charge in [0.05, 0.1) is 11.6 Å². The third-order valence-corrected chi connectivity index (χ3v) is 6.64. The van der Waals surface area contributed by atoms with Gasteiger partial charge in [0.15, 0.2) is 0 Å². The number of rotatable bonds is 3. The lowest BCUT2D eigenvalue weighted by molar-refractivity contribution is 0.186. The van der Waals surface area contributed by atoms with E-state index in [9.17, 15) is 0 Å². The molecule has 2 atom stereocenters. The zero-order valence-electron chi connectivity index (χ0n) is 16.1. The Labute approximate surface area is 166 Å². The number of anilines is 1. The smallest absolute Gasteiger partial charge is 0.0992 e. The first-order chi connectivity index (χ1) is 13.8. The fourth-order valence-corrected chi connectivity index (χ4v) is 5.12. The molecule has 0 bridgehead atoms. The van der Waals surface area contributed by atoms with E-state index >= 15 is 0 Å². The summed E-state index contributed by atoms with van der Waals surface area (Å²) in [4.78, 5) is 8.56. The second kappa shape index (κ2) is 7.33. The highest BCUT2D eigenvalue weighted by Gasteiger charge is 2.32. The summed E-state index contributed by atoms with van der Waals surface area (Å²) in [7, 11) is 0. The average molecular weight is 371 g/mol. The maximum absolute atomic E-state index is 9.14. The minimum absolute atomic E-state index is 0.673. The normalized spacial score (nSPS) is 23.2. The molecule has 1 aromatic heterocycles. The molecule has 5 rings (SSSR count). The summed E-state index contributed by atoms with van der Waals surface area (Å²) in [5.41, 5.74) is 4.69. The molecule has 0 radical (unpaired) electrons. The van der Waals surface area contributed by atoms with Crippen molar-refractivity contribution < 1.29 is 0 Å². The van der Waals surface area contributed by atoms with Crippen LogP contribution in [0.2, 0.25) is 0 Å². The van der Waals surface area contributed by atoms with Gasteiger partial charge in [0, 0.05) is 55.0 Å². The Balaban J connectivity index is 1.22. The maximum atomic E-state index is 9.14. The highest BCUT2D eigenvalue weighted by molar-refractivity contribution is 5.83. The van der Waals surface area contributed by atoms with Crippen LogP contribution in [0.15, 0.2) is 54.7 Å². The molecule has 4 heteroatoms. The number of nitriles is 1. The molecule has 0 spiro atoms. The molecule has 3 aromatic rings. The topological polar surface area (TPSA) is 46.1 Å². The third-order valence-electron chi connectivity index (χ3n) is 6.64. The van der Waals surface area contributed by atoms with Crippen molar-refractivity contribution in [3.05, 3.63) is 65.9 Å². The van der Waals surface area contributed by atoms with Crippen LogP contribution in [0.5, 0.6) is 0 Å². The summed E-state index contributed by atoms with van der Waals surface area (Å²) in [5, 5.41) is 10.5. The molecule has 2 aromatic carbocycles. The number of nitrogens with one attached hydrogen (secondary N) is 1. The van der Waals surface area contributed by atoms with E-state index < -0.39 is 0 Å². The summed E-state index contributed by atoms with van der Waals surface area (Å²) in [5.74, 6) is 0.673. The van der Waals surface area contributed by atoms with Crippen molar-refractivity contribution in [1.82, 2.24) is 9.88 Å². The highest BCUT2D eigenvalue weighted by atomic mass is 15.3. The largest absolute Gasteiger partial charge is 0.369 e. The van der Waals surface area contributed by atoms with Crippen molar-refractivity contribution in [2.45, 2.75) is 31.2 Å². The predicted octanol–water partition coefficient (Wildman–Crippen LogP) is 4.50. The standard InChI is InChI=1S/C24H26N4/c25-16-18-4-3-5-20(14-18)27-10-12-28(13-11-27)21-9-8-19(15-21)23-17-26-24-7-2-1-6-22(23)24/h1-7,14,17,19,21,26H,8-13,15H2. The zero-order valence-corrected chi connectivity index (χ0v) is 16.1. The van der Waals surface area contributed by atoms with Crippen molar-refractivity contribution in [3.63, 3.8) is 0 Å². The monoisotopic (exact) mass is 370 g/mol. The van der Waals surface area contributed by atoms with E-state index in [0.29, 0.717) is 12.0 Å². The number of H-pyrrole nitrogens is 1. The summed E-state index contributed by atoms with van der Waals surface area (Å²) >= 11 is 0. The van der Waals surface area contributed by atoms with Gasteiger partial charge in [-0.1, -0.05) is 24.3 Å². The Morgan fingerprint density at radius 3 is 2.68 bits per heavy atom. The minimum Gasteiger partial charge on any atom is -0.369 e. The lowest BCUT2D eigenvalue weighted by atomic mass is 9.97. The number of hydrogen-bond acceptors (Lipinski definition) is 3. The Morgan fingerprint density at radius 2 is 1.82 bits per heavy atom. The molecular weight excluding hydrogens is 344 g/mol. The summed E-state index contributed by atoms with van der Waals surface area (Å²) in [6, 6.07) is 19.6. The van der Waals surface area contributed by atoms with E-state index in [1.165, 1.54) is 41.4 Å². The summed E-state index contributed by atoms with van der Waals surface area (Å²) in [6.07, 6.45) is 6.09. The number of nitrogens with zero attached hydrogens (tertiary/aromatic N) is 3. The van der Waals surface area contributed by atoms with Gasteiger partial charge in [-0.2, -0.15) is 5.26 Å². The van der Waals surface area contributed by atoms with Crippen molar-refractivity contribution in [2.75, 3.05) is 31.1 Å². The number of piperazine rings is 1.